The fourth-order valence-corrected chi connectivity index (χ4v) is 3.46. The molecule has 0 aromatic heterocycles. The van der Waals surface area contributed by atoms with Gasteiger partial charge in [0.2, 0.25) is 0 Å². The lowest BCUT2D eigenvalue weighted by Gasteiger charge is -2.14. The van der Waals surface area contributed by atoms with Crippen molar-refractivity contribution in [1.82, 2.24) is 0 Å². The highest BCUT2D eigenvalue weighted by molar-refractivity contribution is 9.10. The first kappa shape index (κ1) is 15.9. The summed E-state index contributed by atoms with van der Waals surface area (Å²) in [5.74, 6) is -0.840. The van der Waals surface area contributed by atoms with Crippen molar-refractivity contribution in [1.29, 1.82) is 5.26 Å². The van der Waals surface area contributed by atoms with E-state index in [0.717, 1.165) is 0 Å². The fraction of sp³-hybridized carbons (Fsp3) is 0.385. The van der Waals surface area contributed by atoms with Gasteiger partial charge in [0.05, 0.1) is 32.7 Å². The van der Waals surface area contributed by atoms with Gasteiger partial charge in [-0.15, -0.1) is 0 Å². The Labute approximate surface area is 123 Å². The molecule has 0 radical (unpaired) electrons. The molecule has 1 aromatic carbocycles. The van der Waals surface area contributed by atoms with Gasteiger partial charge in [-0.05, 0) is 38.5 Å². The van der Waals surface area contributed by atoms with Crippen LogP contribution in [0.1, 0.15) is 30.6 Å². The zero-order valence-corrected chi connectivity index (χ0v) is 13.0. The Bertz CT molecular complexity index is 563. The van der Waals surface area contributed by atoms with Crippen LogP contribution in [0.15, 0.2) is 27.6 Å². The minimum Gasteiger partial charge on any atom is -0.478 e. The van der Waals surface area contributed by atoms with Crippen molar-refractivity contribution in [3.05, 3.63) is 28.2 Å². The van der Waals surface area contributed by atoms with Crippen LogP contribution in [0.3, 0.4) is 0 Å². The minimum atomic E-state index is -1.44. The Morgan fingerprint density at radius 3 is 2.68 bits per heavy atom. The first-order valence-corrected chi connectivity index (χ1v) is 7.70. The minimum absolute atomic E-state index is 0.0382. The number of aromatic carboxylic acids is 1. The third-order valence-corrected chi connectivity index (χ3v) is 4.53. The Hall–Kier alpha value is -1.19. The van der Waals surface area contributed by atoms with E-state index in [1.54, 1.807) is 26.0 Å². The Morgan fingerprint density at radius 1 is 1.53 bits per heavy atom. The molecule has 1 atom stereocenters. The van der Waals surface area contributed by atoms with Crippen molar-refractivity contribution in [2.75, 3.05) is 5.75 Å². The Morgan fingerprint density at radius 2 is 2.16 bits per heavy atom. The van der Waals surface area contributed by atoms with E-state index in [1.165, 1.54) is 6.07 Å². The summed E-state index contributed by atoms with van der Waals surface area (Å²) in [5, 5.41) is 18.0. The van der Waals surface area contributed by atoms with E-state index in [2.05, 4.69) is 22.0 Å². The van der Waals surface area contributed by atoms with Gasteiger partial charge >= 0.3 is 5.97 Å². The molecule has 1 aromatic rings. The predicted molar refractivity (Wildman–Crippen MR) is 76.4 cm³/mol. The smallest absolute Gasteiger partial charge is 0.336 e. The van der Waals surface area contributed by atoms with E-state index in [9.17, 15) is 9.00 Å². The second-order valence-corrected chi connectivity index (χ2v) is 7.20. The zero-order valence-electron chi connectivity index (χ0n) is 10.6. The van der Waals surface area contributed by atoms with E-state index in [-0.39, 0.29) is 16.2 Å². The topological polar surface area (TPSA) is 78.2 Å². The van der Waals surface area contributed by atoms with Crippen molar-refractivity contribution in [2.24, 2.45) is 5.41 Å². The highest BCUT2D eigenvalue weighted by atomic mass is 79.9. The number of hydrogen-bond acceptors (Lipinski definition) is 3. The Kier molecular flexibility index (Phi) is 5.27. The SMILES string of the molecule is CC(C)(C#N)CCS(=O)c1cc(Br)ccc1C(=O)O. The molecule has 102 valence electrons. The van der Waals surface area contributed by atoms with Gasteiger partial charge in [-0.25, -0.2) is 4.79 Å². The third kappa shape index (κ3) is 4.44. The van der Waals surface area contributed by atoms with Crippen molar-refractivity contribution in [3.63, 3.8) is 0 Å². The zero-order chi connectivity index (χ0) is 14.6. The van der Waals surface area contributed by atoms with Crippen molar-refractivity contribution in [3.8, 4) is 6.07 Å². The van der Waals surface area contributed by atoms with Crippen molar-refractivity contribution in [2.45, 2.75) is 25.2 Å². The van der Waals surface area contributed by atoms with Gasteiger partial charge in [0.25, 0.3) is 0 Å². The molecule has 1 unspecified atom stereocenters. The van der Waals surface area contributed by atoms with Gasteiger partial charge in [-0.1, -0.05) is 15.9 Å². The van der Waals surface area contributed by atoms with E-state index in [4.69, 9.17) is 10.4 Å². The first-order chi connectivity index (χ1) is 8.76. The number of hydrogen-bond donors (Lipinski definition) is 1. The average molecular weight is 344 g/mol. The van der Waals surface area contributed by atoms with Crippen molar-refractivity contribution >= 4 is 32.7 Å². The number of nitriles is 1. The molecule has 0 heterocycles. The molecule has 6 heteroatoms. The summed E-state index contributed by atoms with van der Waals surface area (Å²) in [5.41, 5.74) is -0.526. The first-order valence-electron chi connectivity index (χ1n) is 5.59. The van der Waals surface area contributed by atoms with Gasteiger partial charge in [0.1, 0.15) is 0 Å². The molecule has 0 spiro atoms. The van der Waals surface area contributed by atoms with Crippen LogP contribution in [0.5, 0.6) is 0 Å². The summed E-state index contributed by atoms with van der Waals surface area (Å²) >= 11 is 3.24. The van der Waals surface area contributed by atoms with E-state index in [0.29, 0.717) is 10.9 Å². The second-order valence-electron chi connectivity index (χ2n) is 4.74. The molecule has 0 amide bonds. The molecule has 1 rings (SSSR count). The quantitative estimate of drug-likeness (QED) is 0.890. The van der Waals surface area contributed by atoms with Crippen LogP contribution in [-0.2, 0) is 10.8 Å². The summed E-state index contributed by atoms with van der Waals surface area (Å²) in [4.78, 5) is 11.4. The van der Waals surface area contributed by atoms with Crippen LogP contribution in [0.4, 0.5) is 0 Å². The number of benzene rings is 1. The van der Waals surface area contributed by atoms with Gasteiger partial charge in [0.15, 0.2) is 0 Å². The Balaban J connectivity index is 2.97. The molecule has 0 fully saturated rings. The standard InChI is InChI=1S/C13H14BrNO3S/c1-13(2,8-15)5-6-19(18)11-7-9(14)3-4-10(11)12(16)17/h3-4,7H,5-6H2,1-2H3,(H,16,17). The maximum Gasteiger partial charge on any atom is 0.336 e. The number of carboxylic acid groups (broad SMARTS) is 1. The largest absolute Gasteiger partial charge is 0.478 e. The molecule has 1 N–H and O–H groups in total. The molecule has 4 nitrogen and oxygen atoms in total. The van der Waals surface area contributed by atoms with Crippen LogP contribution in [-0.4, -0.2) is 21.0 Å². The van der Waals surface area contributed by atoms with E-state index in [1.807, 2.05) is 0 Å². The number of rotatable bonds is 5. The molecule has 0 saturated carbocycles. The summed E-state index contributed by atoms with van der Waals surface area (Å²) in [6.45, 7) is 3.53. The van der Waals surface area contributed by atoms with Gasteiger partial charge in [-0.3, -0.25) is 4.21 Å². The number of nitrogens with zero attached hydrogens (tertiary/aromatic N) is 1. The third-order valence-electron chi connectivity index (χ3n) is 2.63. The molecule has 0 aliphatic rings. The lowest BCUT2D eigenvalue weighted by Crippen LogP contribution is -2.14. The summed E-state index contributed by atoms with van der Waals surface area (Å²) in [6.07, 6.45) is 0.446. The monoisotopic (exact) mass is 343 g/mol. The van der Waals surface area contributed by atoms with Crippen LogP contribution in [0.25, 0.3) is 0 Å². The van der Waals surface area contributed by atoms with Crippen LogP contribution in [0.2, 0.25) is 0 Å². The van der Waals surface area contributed by atoms with Crippen LogP contribution >= 0.6 is 15.9 Å². The maximum absolute atomic E-state index is 12.2. The van der Waals surface area contributed by atoms with Crippen LogP contribution < -0.4 is 0 Å². The van der Waals surface area contributed by atoms with E-state index >= 15 is 0 Å². The maximum atomic E-state index is 12.2. The number of halogens is 1. The normalized spacial score (nSPS) is 12.7. The summed E-state index contributed by atoms with van der Waals surface area (Å²) in [6, 6.07) is 6.72. The molecule has 0 aliphatic heterocycles. The average Bonchev–Trinajstić information content (AvgIpc) is 2.35. The van der Waals surface area contributed by atoms with Gasteiger partial charge in [-0.2, -0.15) is 5.26 Å². The lowest BCUT2D eigenvalue weighted by atomic mass is 9.93. The molecule has 0 saturated heterocycles. The number of carbonyl (C=O) groups is 1. The summed E-state index contributed by atoms with van der Waals surface area (Å²) in [7, 11) is -1.44. The lowest BCUT2D eigenvalue weighted by molar-refractivity contribution is 0.0693. The predicted octanol–water partition coefficient (Wildman–Crippen LogP) is 3.19. The van der Waals surface area contributed by atoms with Crippen LogP contribution in [0, 0.1) is 16.7 Å². The molecule has 19 heavy (non-hydrogen) atoms. The molecule has 0 bridgehead atoms. The highest BCUT2D eigenvalue weighted by Gasteiger charge is 2.21. The molecular formula is C13H14BrNO3S. The van der Waals surface area contributed by atoms with Gasteiger partial charge in [0, 0.05) is 10.2 Å². The fourth-order valence-electron chi connectivity index (χ4n) is 1.37. The number of carboxylic acids is 1. The molecular weight excluding hydrogens is 330 g/mol. The molecule has 0 aliphatic carbocycles. The second kappa shape index (κ2) is 6.31. The summed E-state index contributed by atoms with van der Waals surface area (Å²) < 4.78 is 12.9. The van der Waals surface area contributed by atoms with Gasteiger partial charge < -0.3 is 5.11 Å². The highest BCUT2D eigenvalue weighted by Crippen LogP contribution is 2.24. The van der Waals surface area contributed by atoms with Crippen molar-refractivity contribution < 1.29 is 14.1 Å². The van der Waals surface area contributed by atoms with E-state index < -0.39 is 22.2 Å².